The van der Waals surface area contributed by atoms with Crippen molar-refractivity contribution >= 4 is 11.6 Å². The summed E-state index contributed by atoms with van der Waals surface area (Å²) in [4.78, 5) is 26.1. The molecule has 0 bridgehead atoms. The molecule has 0 heterocycles. The molecule has 0 unspecified atom stereocenters. The first-order valence-electron chi connectivity index (χ1n) is 7.90. The van der Waals surface area contributed by atoms with Crippen molar-refractivity contribution in [2.24, 2.45) is 0 Å². The summed E-state index contributed by atoms with van der Waals surface area (Å²) in [5.74, 6) is -0.550. The third-order valence-electron chi connectivity index (χ3n) is 4.04. The minimum Gasteiger partial charge on any atom is -0.412 e. The third-order valence-corrected chi connectivity index (χ3v) is 4.04. The maximum Gasteiger partial charge on any atom is 0.202 e. The second-order valence-electron chi connectivity index (χ2n) is 5.52. The third kappa shape index (κ3) is 3.96. The first-order valence-corrected chi connectivity index (χ1v) is 7.90. The van der Waals surface area contributed by atoms with E-state index in [4.69, 9.17) is 4.74 Å². The van der Waals surface area contributed by atoms with E-state index in [1.54, 1.807) is 48.5 Å². The van der Waals surface area contributed by atoms with E-state index in [1.807, 2.05) is 19.1 Å². The Kier molecular flexibility index (Phi) is 7.49. The van der Waals surface area contributed by atoms with Crippen molar-refractivity contribution in [3.05, 3.63) is 71.8 Å². The van der Waals surface area contributed by atoms with Crippen LogP contribution in [-0.4, -0.2) is 29.8 Å². The van der Waals surface area contributed by atoms with E-state index < -0.39 is 5.60 Å². The number of Topliss-reactive ketones (excluding diaryl/α,β-unsaturated/α-hetero) is 2. The summed E-state index contributed by atoms with van der Waals surface area (Å²) in [6.45, 7) is 2.03. The smallest absolute Gasteiger partial charge is 0.202 e. The average Bonchev–Trinajstić information content (AvgIpc) is 2.63. The van der Waals surface area contributed by atoms with Gasteiger partial charge in [-0.3, -0.25) is 9.59 Å². The lowest BCUT2D eigenvalue weighted by Gasteiger charge is -2.29. The van der Waals surface area contributed by atoms with Gasteiger partial charge in [0, 0.05) is 18.2 Å². The molecule has 24 heavy (non-hydrogen) atoms. The first-order chi connectivity index (χ1) is 11.2. The molecule has 4 nitrogen and oxygen atoms in total. The SMILES string of the molecule is CCCCC(OC)(C(=O)c1ccccc1)C(=O)c1ccccc1.O. The van der Waals surface area contributed by atoms with Crippen molar-refractivity contribution in [3.8, 4) is 0 Å². The molecule has 2 rings (SSSR count). The molecule has 0 aliphatic rings. The van der Waals surface area contributed by atoms with Gasteiger partial charge in [-0.15, -0.1) is 0 Å². The first kappa shape index (κ1) is 19.7. The van der Waals surface area contributed by atoms with Gasteiger partial charge in [-0.25, -0.2) is 0 Å². The summed E-state index contributed by atoms with van der Waals surface area (Å²) in [5.41, 5.74) is -0.469. The van der Waals surface area contributed by atoms with E-state index in [9.17, 15) is 9.59 Å². The van der Waals surface area contributed by atoms with Crippen LogP contribution in [-0.2, 0) is 4.74 Å². The van der Waals surface area contributed by atoms with Gasteiger partial charge >= 0.3 is 0 Å². The van der Waals surface area contributed by atoms with E-state index in [1.165, 1.54) is 7.11 Å². The number of hydrogen-bond acceptors (Lipinski definition) is 3. The fourth-order valence-corrected chi connectivity index (χ4v) is 2.69. The predicted molar refractivity (Wildman–Crippen MR) is 94.4 cm³/mol. The maximum atomic E-state index is 13.1. The molecule has 2 N–H and O–H groups in total. The fourth-order valence-electron chi connectivity index (χ4n) is 2.69. The van der Waals surface area contributed by atoms with Crippen molar-refractivity contribution in [2.45, 2.75) is 31.8 Å². The lowest BCUT2D eigenvalue weighted by molar-refractivity contribution is 0.00384. The van der Waals surface area contributed by atoms with E-state index in [0.29, 0.717) is 17.5 Å². The maximum absolute atomic E-state index is 13.1. The number of ether oxygens (including phenoxy) is 1. The Morgan fingerprint density at radius 2 is 1.29 bits per heavy atom. The van der Waals surface area contributed by atoms with Crippen LogP contribution in [0.2, 0.25) is 0 Å². The fraction of sp³-hybridized carbons (Fsp3) is 0.300. The molecule has 0 aromatic heterocycles. The molecule has 0 amide bonds. The molecule has 0 saturated heterocycles. The molecular weight excluding hydrogens is 304 g/mol. The quantitative estimate of drug-likeness (QED) is 0.550. The molecule has 0 radical (unpaired) electrons. The average molecular weight is 328 g/mol. The van der Waals surface area contributed by atoms with Gasteiger partial charge < -0.3 is 10.2 Å². The summed E-state index contributed by atoms with van der Waals surface area (Å²) < 4.78 is 5.57. The molecule has 0 atom stereocenters. The van der Waals surface area contributed by atoms with Gasteiger partial charge in [0.05, 0.1) is 0 Å². The summed E-state index contributed by atoms with van der Waals surface area (Å²) in [6.07, 6.45) is 2.00. The summed E-state index contributed by atoms with van der Waals surface area (Å²) in [7, 11) is 1.44. The molecule has 4 heteroatoms. The van der Waals surface area contributed by atoms with E-state index >= 15 is 0 Å². The van der Waals surface area contributed by atoms with Crippen molar-refractivity contribution in [1.82, 2.24) is 0 Å². The minimum atomic E-state index is -1.46. The molecule has 0 aliphatic heterocycles. The molecule has 128 valence electrons. The van der Waals surface area contributed by atoms with Crippen molar-refractivity contribution in [1.29, 1.82) is 0 Å². The number of methoxy groups -OCH3 is 1. The van der Waals surface area contributed by atoms with Crippen molar-refractivity contribution in [2.75, 3.05) is 7.11 Å². The lowest BCUT2D eigenvalue weighted by atomic mass is 9.81. The number of carbonyl (C=O) groups is 2. The van der Waals surface area contributed by atoms with Gasteiger partial charge in [0.1, 0.15) is 0 Å². The van der Waals surface area contributed by atoms with Gasteiger partial charge in [0.25, 0.3) is 0 Å². The Labute approximate surface area is 142 Å². The predicted octanol–water partition coefficient (Wildman–Crippen LogP) is 3.50. The van der Waals surface area contributed by atoms with Crippen LogP contribution in [0.1, 0.15) is 46.9 Å². The largest absolute Gasteiger partial charge is 0.412 e. The molecule has 2 aromatic rings. The monoisotopic (exact) mass is 328 g/mol. The number of unbranched alkanes of at least 4 members (excludes halogenated alkanes) is 1. The molecule has 0 spiro atoms. The van der Waals surface area contributed by atoms with Crippen LogP contribution in [0.25, 0.3) is 0 Å². The van der Waals surface area contributed by atoms with Gasteiger partial charge in [0.15, 0.2) is 5.60 Å². The highest BCUT2D eigenvalue weighted by molar-refractivity contribution is 6.22. The summed E-state index contributed by atoms with van der Waals surface area (Å²) in [5, 5.41) is 0. The molecule has 0 aliphatic carbocycles. The van der Waals surface area contributed by atoms with E-state index in [2.05, 4.69) is 0 Å². The Hall–Kier alpha value is -2.30. The van der Waals surface area contributed by atoms with Crippen LogP contribution in [0.3, 0.4) is 0 Å². The Morgan fingerprint density at radius 1 is 0.875 bits per heavy atom. The highest BCUT2D eigenvalue weighted by Gasteiger charge is 2.45. The molecule has 0 fully saturated rings. The van der Waals surface area contributed by atoms with Crippen LogP contribution in [0.5, 0.6) is 0 Å². The van der Waals surface area contributed by atoms with Gasteiger partial charge in [0.2, 0.25) is 11.6 Å². The summed E-state index contributed by atoms with van der Waals surface area (Å²) >= 11 is 0. The standard InChI is InChI=1S/C20H22O3.H2O/c1-3-4-15-20(23-2,18(21)16-11-7-5-8-12-16)19(22)17-13-9-6-10-14-17;/h5-14H,3-4,15H2,1-2H3;1H2. The lowest BCUT2D eigenvalue weighted by Crippen LogP contribution is -2.48. The number of hydrogen-bond donors (Lipinski definition) is 0. The number of benzene rings is 2. The topological polar surface area (TPSA) is 74.9 Å². The zero-order valence-electron chi connectivity index (χ0n) is 14.1. The van der Waals surface area contributed by atoms with Gasteiger partial charge in [-0.2, -0.15) is 0 Å². The zero-order valence-corrected chi connectivity index (χ0v) is 14.1. The highest BCUT2D eigenvalue weighted by atomic mass is 16.5. The number of carbonyl (C=O) groups excluding carboxylic acids is 2. The van der Waals surface area contributed by atoms with Crippen LogP contribution in [0.15, 0.2) is 60.7 Å². The van der Waals surface area contributed by atoms with Crippen molar-refractivity contribution < 1.29 is 19.8 Å². The van der Waals surface area contributed by atoms with Crippen LogP contribution in [0, 0.1) is 0 Å². The van der Waals surface area contributed by atoms with Crippen LogP contribution >= 0.6 is 0 Å². The van der Waals surface area contributed by atoms with Gasteiger partial charge in [-0.05, 0) is 12.8 Å². The molecule has 0 saturated carbocycles. The van der Waals surface area contributed by atoms with Crippen molar-refractivity contribution in [3.63, 3.8) is 0 Å². The normalized spacial score (nSPS) is 10.8. The number of rotatable bonds is 8. The summed E-state index contributed by atoms with van der Waals surface area (Å²) in [6, 6.07) is 17.7. The highest BCUT2D eigenvalue weighted by Crippen LogP contribution is 2.28. The Balaban J connectivity index is 0.00000288. The Morgan fingerprint density at radius 3 is 1.62 bits per heavy atom. The van der Waals surface area contributed by atoms with Crippen LogP contribution in [0.4, 0.5) is 0 Å². The van der Waals surface area contributed by atoms with E-state index in [0.717, 1.165) is 12.8 Å². The molecular formula is C20H24O4. The second kappa shape index (κ2) is 9.11. The number of ketones is 2. The second-order valence-corrected chi connectivity index (χ2v) is 5.52. The van der Waals surface area contributed by atoms with Gasteiger partial charge in [-0.1, -0.05) is 74.0 Å². The van der Waals surface area contributed by atoms with E-state index in [-0.39, 0.29) is 17.0 Å². The zero-order chi connectivity index (χ0) is 16.7. The Bertz CT molecular complexity index is 598. The van der Waals surface area contributed by atoms with Crippen LogP contribution < -0.4 is 0 Å². The minimum absolute atomic E-state index is 0. The molecule has 2 aromatic carbocycles.